The maximum absolute atomic E-state index is 6.15. The van der Waals surface area contributed by atoms with E-state index in [1.807, 2.05) is 6.20 Å². The van der Waals surface area contributed by atoms with Gasteiger partial charge in [-0.3, -0.25) is 0 Å². The SMILES string of the molecule is CC(C)c1cnn2c(C3CCCCCCCCCC3)nc(N3CCC(N)CC3)nc12. The van der Waals surface area contributed by atoms with Gasteiger partial charge in [0.15, 0.2) is 5.65 Å². The summed E-state index contributed by atoms with van der Waals surface area (Å²) in [5.74, 6) is 2.90. The minimum absolute atomic E-state index is 0.313. The number of nitrogens with zero attached hydrogens (tertiary/aromatic N) is 5. The van der Waals surface area contributed by atoms with Crippen LogP contribution in [-0.2, 0) is 0 Å². The molecule has 1 saturated carbocycles. The van der Waals surface area contributed by atoms with Crippen molar-refractivity contribution in [3.63, 3.8) is 0 Å². The number of hydrogen-bond donors (Lipinski definition) is 1. The van der Waals surface area contributed by atoms with E-state index in [2.05, 4.69) is 23.3 Å². The Morgan fingerprint density at radius 3 is 2.07 bits per heavy atom. The third-order valence-electron chi connectivity index (χ3n) is 7.07. The molecule has 2 aromatic rings. The molecule has 0 spiro atoms. The number of rotatable bonds is 3. The van der Waals surface area contributed by atoms with Crippen molar-refractivity contribution in [3.05, 3.63) is 17.6 Å². The van der Waals surface area contributed by atoms with Crippen LogP contribution in [-0.4, -0.2) is 38.7 Å². The number of nitrogens with two attached hydrogens (primary N) is 1. The number of anilines is 1. The Kier molecular flexibility index (Phi) is 7.24. The number of hydrogen-bond acceptors (Lipinski definition) is 5. The van der Waals surface area contributed by atoms with Crippen LogP contribution in [0.5, 0.6) is 0 Å². The molecule has 4 rings (SSSR count). The highest BCUT2D eigenvalue weighted by atomic mass is 15.4. The lowest BCUT2D eigenvalue weighted by Gasteiger charge is -2.31. The molecule has 6 heteroatoms. The third-order valence-corrected chi connectivity index (χ3v) is 7.07. The lowest BCUT2D eigenvalue weighted by Crippen LogP contribution is -2.40. The second kappa shape index (κ2) is 10.1. The van der Waals surface area contributed by atoms with E-state index in [-0.39, 0.29) is 0 Å². The van der Waals surface area contributed by atoms with Crippen LogP contribution < -0.4 is 10.6 Å². The van der Waals surface area contributed by atoms with E-state index in [1.165, 1.54) is 69.8 Å². The van der Waals surface area contributed by atoms with Crippen molar-refractivity contribution < 1.29 is 0 Å². The van der Waals surface area contributed by atoms with Gasteiger partial charge in [0.1, 0.15) is 5.82 Å². The van der Waals surface area contributed by atoms with Crippen molar-refractivity contribution in [1.82, 2.24) is 19.6 Å². The van der Waals surface area contributed by atoms with Gasteiger partial charge in [-0.15, -0.1) is 0 Å². The molecule has 30 heavy (non-hydrogen) atoms. The van der Waals surface area contributed by atoms with Crippen molar-refractivity contribution >= 4 is 11.6 Å². The molecule has 3 heterocycles. The molecule has 0 amide bonds. The van der Waals surface area contributed by atoms with Crippen molar-refractivity contribution in [3.8, 4) is 0 Å². The monoisotopic (exact) mass is 412 g/mol. The van der Waals surface area contributed by atoms with Gasteiger partial charge in [-0.05, 0) is 31.6 Å². The highest BCUT2D eigenvalue weighted by Crippen LogP contribution is 2.32. The van der Waals surface area contributed by atoms with Crippen molar-refractivity contribution in [1.29, 1.82) is 0 Å². The maximum Gasteiger partial charge on any atom is 0.229 e. The van der Waals surface area contributed by atoms with Gasteiger partial charge in [0, 0.05) is 30.6 Å². The van der Waals surface area contributed by atoms with Crippen LogP contribution in [0.15, 0.2) is 6.20 Å². The molecule has 2 aromatic heterocycles. The third kappa shape index (κ3) is 4.96. The van der Waals surface area contributed by atoms with Crippen LogP contribution in [0.1, 0.15) is 114 Å². The summed E-state index contributed by atoms with van der Waals surface area (Å²) in [5, 5.41) is 4.78. The largest absolute Gasteiger partial charge is 0.341 e. The summed E-state index contributed by atoms with van der Waals surface area (Å²) >= 11 is 0. The van der Waals surface area contributed by atoms with E-state index in [0.717, 1.165) is 43.4 Å². The van der Waals surface area contributed by atoms with Gasteiger partial charge in [-0.2, -0.15) is 15.1 Å². The second-order valence-corrected chi connectivity index (χ2v) is 9.80. The summed E-state index contributed by atoms with van der Waals surface area (Å²) in [7, 11) is 0. The first kappa shape index (κ1) is 21.5. The molecular weight excluding hydrogens is 372 g/mol. The van der Waals surface area contributed by atoms with Crippen LogP contribution in [0.25, 0.3) is 5.65 Å². The molecule has 2 fully saturated rings. The topological polar surface area (TPSA) is 72.3 Å². The first-order chi connectivity index (χ1) is 14.6. The van der Waals surface area contributed by atoms with Gasteiger partial charge in [-0.25, -0.2) is 4.52 Å². The minimum atomic E-state index is 0.313. The number of aromatic nitrogens is 4. The zero-order chi connectivity index (χ0) is 20.9. The highest BCUT2D eigenvalue weighted by Gasteiger charge is 2.25. The maximum atomic E-state index is 6.15. The normalized spacial score (nSPS) is 21.3. The Morgan fingerprint density at radius 2 is 1.47 bits per heavy atom. The molecule has 2 N–H and O–H groups in total. The van der Waals surface area contributed by atoms with E-state index in [1.54, 1.807) is 0 Å². The molecule has 0 aromatic carbocycles. The average Bonchev–Trinajstić information content (AvgIpc) is 3.15. The predicted octanol–water partition coefficient (Wildman–Crippen LogP) is 5.17. The van der Waals surface area contributed by atoms with E-state index in [0.29, 0.717) is 17.9 Å². The Hall–Kier alpha value is -1.69. The average molecular weight is 413 g/mol. The smallest absolute Gasteiger partial charge is 0.229 e. The first-order valence-electron chi connectivity index (χ1n) is 12.4. The lowest BCUT2D eigenvalue weighted by molar-refractivity contribution is 0.474. The van der Waals surface area contributed by atoms with Gasteiger partial charge >= 0.3 is 0 Å². The van der Waals surface area contributed by atoms with E-state index in [4.69, 9.17) is 20.8 Å². The predicted molar refractivity (Wildman–Crippen MR) is 123 cm³/mol. The summed E-state index contributed by atoms with van der Waals surface area (Å²) in [4.78, 5) is 12.5. The number of piperidine rings is 1. The molecule has 1 aliphatic heterocycles. The Morgan fingerprint density at radius 1 is 0.867 bits per heavy atom. The second-order valence-electron chi connectivity index (χ2n) is 9.80. The fraction of sp³-hybridized carbons (Fsp3) is 0.792. The molecule has 6 nitrogen and oxygen atoms in total. The Labute approximate surface area is 181 Å². The molecule has 0 atom stereocenters. The van der Waals surface area contributed by atoms with Crippen LogP contribution >= 0.6 is 0 Å². The molecule has 1 saturated heterocycles. The van der Waals surface area contributed by atoms with Crippen LogP contribution in [0.3, 0.4) is 0 Å². The Bertz CT molecular complexity index is 793. The fourth-order valence-electron chi connectivity index (χ4n) is 5.06. The van der Waals surface area contributed by atoms with Gasteiger partial charge in [-0.1, -0.05) is 65.2 Å². The molecular formula is C24H40N6. The van der Waals surface area contributed by atoms with Crippen LogP contribution in [0.4, 0.5) is 5.95 Å². The van der Waals surface area contributed by atoms with Crippen molar-refractivity contribution in [2.75, 3.05) is 18.0 Å². The summed E-state index contributed by atoms with van der Waals surface area (Å²) in [6.45, 7) is 6.36. The van der Waals surface area contributed by atoms with E-state index >= 15 is 0 Å². The molecule has 166 valence electrons. The van der Waals surface area contributed by atoms with Crippen LogP contribution in [0, 0.1) is 0 Å². The molecule has 1 aliphatic carbocycles. The first-order valence-corrected chi connectivity index (χ1v) is 12.4. The fourth-order valence-corrected chi connectivity index (χ4v) is 5.06. The quantitative estimate of drug-likeness (QED) is 0.752. The molecule has 0 bridgehead atoms. The zero-order valence-electron chi connectivity index (χ0n) is 19.0. The minimum Gasteiger partial charge on any atom is -0.341 e. The summed E-state index contributed by atoms with van der Waals surface area (Å²) in [5.41, 5.74) is 8.39. The van der Waals surface area contributed by atoms with Gasteiger partial charge in [0.25, 0.3) is 0 Å². The molecule has 0 radical (unpaired) electrons. The van der Waals surface area contributed by atoms with Gasteiger partial charge in [0.05, 0.1) is 6.20 Å². The summed E-state index contributed by atoms with van der Waals surface area (Å²) in [6, 6.07) is 0.313. The van der Waals surface area contributed by atoms with Gasteiger partial charge < -0.3 is 10.6 Å². The van der Waals surface area contributed by atoms with Crippen molar-refractivity contribution in [2.45, 2.75) is 109 Å². The summed E-state index contributed by atoms with van der Waals surface area (Å²) in [6.07, 6.45) is 17.3. The van der Waals surface area contributed by atoms with E-state index in [9.17, 15) is 0 Å². The van der Waals surface area contributed by atoms with E-state index < -0.39 is 0 Å². The highest BCUT2D eigenvalue weighted by molar-refractivity contribution is 5.52. The lowest BCUT2D eigenvalue weighted by atomic mass is 9.94. The molecule has 2 aliphatic rings. The zero-order valence-corrected chi connectivity index (χ0v) is 19.0. The number of fused-ring (bicyclic) bond motifs is 1. The molecule has 0 unspecified atom stereocenters. The van der Waals surface area contributed by atoms with Crippen molar-refractivity contribution in [2.24, 2.45) is 5.73 Å². The Balaban J connectivity index is 1.70. The summed E-state index contributed by atoms with van der Waals surface area (Å²) < 4.78 is 2.07. The van der Waals surface area contributed by atoms with Crippen LogP contribution in [0.2, 0.25) is 0 Å². The van der Waals surface area contributed by atoms with Gasteiger partial charge in [0.2, 0.25) is 5.95 Å². The standard InChI is InChI=1S/C24H40N6/c1-18(2)21-17-26-30-22(19-11-9-7-5-3-4-6-8-10-12-19)27-24(28-23(21)30)29-15-13-20(25)14-16-29/h17-20H,3-16,25H2,1-2H3.